The number of aromatic nitrogens is 2. The minimum atomic E-state index is 0.910. The molecule has 13 heavy (non-hydrogen) atoms. The van der Waals surface area contributed by atoms with Crippen LogP contribution in [0.25, 0.3) is 11.4 Å². The lowest BCUT2D eigenvalue weighted by Crippen LogP contribution is -1.99. The van der Waals surface area contributed by atoms with Crippen LogP contribution in [0.15, 0.2) is 42.7 Å². The van der Waals surface area contributed by atoms with Crippen molar-refractivity contribution in [3.8, 4) is 11.4 Å². The summed E-state index contributed by atoms with van der Waals surface area (Å²) < 4.78 is 0. The van der Waals surface area contributed by atoms with E-state index in [1.54, 1.807) is 12.4 Å². The molecule has 64 valence electrons. The number of rotatable bonds is 1. The molecule has 0 N–H and O–H groups in total. The van der Waals surface area contributed by atoms with Crippen LogP contribution in [0.1, 0.15) is 0 Å². The lowest BCUT2D eigenvalue weighted by Gasteiger charge is -2.01. The summed E-state index contributed by atoms with van der Waals surface area (Å²) in [5.41, 5.74) is 1.83. The van der Waals surface area contributed by atoms with E-state index in [9.17, 15) is 0 Å². The standard InChI is InChI=1S/C10H9N2P/c13-9-5-3-7-12-10(9)8-4-1-2-6-11-8/h1-7H,13H2. The topological polar surface area (TPSA) is 25.8 Å². The quantitative estimate of drug-likeness (QED) is 0.636. The molecule has 2 heterocycles. The fourth-order valence-electron chi connectivity index (χ4n) is 1.13. The van der Waals surface area contributed by atoms with Gasteiger partial charge in [0.05, 0.1) is 11.4 Å². The fraction of sp³-hybridized carbons (Fsp3) is 0. The Morgan fingerprint density at radius 2 is 1.77 bits per heavy atom. The summed E-state index contributed by atoms with van der Waals surface area (Å²) in [5.74, 6) is 0. The summed E-state index contributed by atoms with van der Waals surface area (Å²) in [6.45, 7) is 0. The van der Waals surface area contributed by atoms with Gasteiger partial charge in [-0.05, 0) is 23.5 Å². The molecule has 0 saturated carbocycles. The normalized spacial score (nSPS) is 9.92. The van der Waals surface area contributed by atoms with Crippen LogP contribution in [0.3, 0.4) is 0 Å². The molecule has 3 heteroatoms. The molecule has 0 aromatic carbocycles. The van der Waals surface area contributed by atoms with Gasteiger partial charge in [0.15, 0.2) is 0 Å². The summed E-state index contributed by atoms with van der Waals surface area (Å²) >= 11 is 0. The molecule has 0 amide bonds. The van der Waals surface area contributed by atoms with Gasteiger partial charge in [-0.15, -0.1) is 9.24 Å². The number of nitrogens with zero attached hydrogens (tertiary/aromatic N) is 2. The van der Waals surface area contributed by atoms with Gasteiger partial charge in [-0.2, -0.15) is 0 Å². The zero-order chi connectivity index (χ0) is 9.10. The van der Waals surface area contributed by atoms with E-state index in [2.05, 4.69) is 19.2 Å². The van der Waals surface area contributed by atoms with Crippen LogP contribution >= 0.6 is 9.24 Å². The van der Waals surface area contributed by atoms with Crippen LogP contribution < -0.4 is 5.30 Å². The second-order valence-corrected chi connectivity index (χ2v) is 3.28. The van der Waals surface area contributed by atoms with Gasteiger partial charge in [0.2, 0.25) is 0 Å². The molecule has 0 fully saturated rings. The van der Waals surface area contributed by atoms with E-state index in [0.717, 1.165) is 16.7 Å². The number of hydrogen-bond donors (Lipinski definition) is 0. The maximum atomic E-state index is 4.27. The maximum Gasteiger partial charge on any atom is 0.0957 e. The van der Waals surface area contributed by atoms with Gasteiger partial charge in [0.25, 0.3) is 0 Å². The Bertz CT molecular complexity index is 401. The number of hydrogen-bond acceptors (Lipinski definition) is 2. The zero-order valence-electron chi connectivity index (χ0n) is 7.01. The molecule has 2 rings (SSSR count). The average Bonchev–Trinajstić information content (AvgIpc) is 2.20. The molecule has 2 aromatic rings. The van der Waals surface area contributed by atoms with Gasteiger partial charge in [-0.3, -0.25) is 9.97 Å². The van der Waals surface area contributed by atoms with Gasteiger partial charge in [0.1, 0.15) is 0 Å². The number of pyridine rings is 2. The van der Waals surface area contributed by atoms with Crippen molar-refractivity contribution in [1.29, 1.82) is 0 Å². The highest BCUT2D eigenvalue weighted by atomic mass is 31.0. The zero-order valence-corrected chi connectivity index (χ0v) is 8.17. The van der Waals surface area contributed by atoms with Crippen LogP contribution in [0.4, 0.5) is 0 Å². The van der Waals surface area contributed by atoms with E-state index >= 15 is 0 Å². The van der Waals surface area contributed by atoms with E-state index in [4.69, 9.17) is 0 Å². The smallest absolute Gasteiger partial charge is 0.0957 e. The molecular weight excluding hydrogens is 179 g/mol. The lowest BCUT2D eigenvalue weighted by molar-refractivity contribution is 1.26. The Balaban J connectivity index is 2.54. The largest absolute Gasteiger partial charge is 0.255 e. The molecule has 0 saturated heterocycles. The van der Waals surface area contributed by atoms with E-state index in [0.29, 0.717) is 0 Å². The highest BCUT2D eigenvalue weighted by Crippen LogP contribution is 2.11. The Hall–Kier alpha value is -1.27. The van der Waals surface area contributed by atoms with Crippen LogP contribution in [-0.4, -0.2) is 9.97 Å². The van der Waals surface area contributed by atoms with E-state index in [1.165, 1.54) is 0 Å². The van der Waals surface area contributed by atoms with Crippen LogP contribution in [0.5, 0.6) is 0 Å². The first-order chi connectivity index (χ1) is 6.38. The van der Waals surface area contributed by atoms with E-state index < -0.39 is 0 Å². The summed E-state index contributed by atoms with van der Waals surface area (Å²) in [5, 5.41) is 1.07. The van der Waals surface area contributed by atoms with Crippen LogP contribution in [0, 0.1) is 0 Å². The highest BCUT2D eigenvalue weighted by Gasteiger charge is 2.01. The molecular formula is C10H9N2P. The van der Waals surface area contributed by atoms with Crippen molar-refractivity contribution >= 4 is 14.5 Å². The van der Waals surface area contributed by atoms with Gasteiger partial charge in [-0.25, -0.2) is 0 Å². The van der Waals surface area contributed by atoms with Gasteiger partial charge >= 0.3 is 0 Å². The third-order valence-electron chi connectivity index (χ3n) is 1.75. The van der Waals surface area contributed by atoms with Crippen molar-refractivity contribution in [3.63, 3.8) is 0 Å². The predicted octanol–water partition coefficient (Wildman–Crippen LogP) is 1.64. The van der Waals surface area contributed by atoms with Crippen molar-refractivity contribution in [2.45, 2.75) is 0 Å². The molecule has 1 atom stereocenters. The predicted molar refractivity (Wildman–Crippen MR) is 56.8 cm³/mol. The summed E-state index contributed by atoms with van der Waals surface area (Å²) in [6.07, 6.45) is 3.55. The van der Waals surface area contributed by atoms with Gasteiger partial charge in [-0.1, -0.05) is 12.1 Å². The van der Waals surface area contributed by atoms with Crippen molar-refractivity contribution in [3.05, 3.63) is 42.7 Å². The molecule has 0 aliphatic rings. The Morgan fingerprint density at radius 1 is 0.923 bits per heavy atom. The third kappa shape index (κ3) is 1.73. The monoisotopic (exact) mass is 188 g/mol. The van der Waals surface area contributed by atoms with Crippen molar-refractivity contribution in [1.82, 2.24) is 9.97 Å². The van der Waals surface area contributed by atoms with Crippen molar-refractivity contribution in [2.24, 2.45) is 0 Å². The van der Waals surface area contributed by atoms with E-state index in [-0.39, 0.29) is 0 Å². The molecule has 0 radical (unpaired) electrons. The van der Waals surface area contributed by atoms with Gasteiger partial charge in [0, 0.05) is 12.4 Å². The van der Waals surface area contributed by atoms with E-state index in [1.807, 2.05) is 30.3 Å². The average molecular weight is 188 g/mol. The second-order valence-electron chi connectivity index (χ2n) is 2.66. The minimum absolute atomic E-state index is 0.910. The Morgan fingerprint density at radius 3 is 2.46 bits per heavy atom. The molecule has 2 aromatic heterocycles. The van der Waals surface area contributed by atoms with Crippen molar-refractivity contribution in [2.75, 3.05) is 0 Å². The summed E-state index contributed by atoms with van der Waals surface area (Å²) in [7, 11) is 2.66. The molecule has 0 bridgehead atoms. The lowest BCUT2D eigenvalue weighted by atomic mass is 10.2. The fourth-order valence-corrected chi connectivity index (χ4v) is 1.47. The first kappa shape index (κ1) is 8.33. The Labute approximate surface area is 79.3 Å². The first-order valence-electron chi connectivity index (χ1n) is 4.00. The van der Waals surface area contributed by atoms with Crippen LogP contribution in [-0.2, 0) is 0 Å². The molecule has 1 unspecified atom stereocenters. The van der Waals surface area contributed by atoms with Crippen molar-refractivity contribution < 1.29 is 0 Å². The first-order valence-corrected chi connectivity index (χ1v) is 4.57. The summed E-state index contributed by atoms with van der Waals surface area (Å²) in [4.78, 5) is 8.50. The SMILES string of the molecule is Pc1cccnc1-c1ccccn1. The molecule has 0 spiro atoms. The third-order valence-corrected chi connectivity index (χ3v) is 2.21. The molecule has 0 aliphatic carbocycles. The van der Waals surface area contributed by atoms with Crippen LogP contribution in [0.2, 0.25) is 0 Å². The summed E-state index contributed by atoms with van der Waals surface area (Å²) in [6, 6.07) is 9.72. The molecule has 2 nitrogen and oxygen atoms in total. The maximum absolute atomic E-state index is 4.27. The molecule has 0 aliphatic heterocycles. The minimum Gasteiger partial charge on any atom is -0.255 e. The Kier molecular flexibility index (Phi) is 2.33. The second kappa shape index (κ2) is 3.63. The highest BCUT2D eigenvalue weighted by molar-refractivity contribution is 7.27. The van der Waals surface area contributed by atoms with Gasteiger partial charge < -0.3 is 0 Å².